The number of ether oxygens (including phenoxy) is 1. The van der Waals surface area contributed by atoms with Crippen LogP contribution in [0.4, 0.5) is 8.78 Å². The predicted molar refractivity (Wildman–Crippen MR) is 77.5 cm³/mol. The third-order valence-corrected chi connectivity index (χ3v) is 3.90. The van der Waals surface area contributed by atoms with Gasteiger partial charge in [0.25, 0.3) is 5.91 Å². The summed E-state index contributed by atoms with van der Waals surface area (Å²) in [6.07, 6.45) is 0. The lowest BCUT2D eigenvalue weighted by Gasteiger charge is -2.12. The zero-order chi connectivity index (χ0) is 16.1. The molecule has 1 heterocycles. The Morgan fingerprint density at radius 3 is 2.50 bits per heavy atom. The molecule has 7 heteroatoms. The maximum absolute atomic E-state index is 13.4. The second kappa shape index (κ2) is 7.13. The van der Waals surface area contributed by atoms with Crippen molar-refractivity contribution in [3.63, 3.8) is 0 Å². The normalized spacial score (nSPS) is 11.8. The molecule has 2 rings (SSSR count). The Bertz CT molecular complexity index is 653. The number of hydrogen-bond donors (Lipinski definition) is 1. The minimum absolute atomic E-state index is 0.239. The molecule has 0 saturated carbocycles. The third-order valence-electron chi connectivity index (χ3n) is 2.85. The van der Waals surface area contributed by atoms with Gasteiger partial charge in [-0.15, -0.1) is 11.3 Å². The molecule has 0 radical (unpaired) electrons. The Morgan fingerprint density at radius 2 is 1.91 bits per heavy atom. The van der Waals surface area contributed by atoms with Crippen molar-refractivity contribution in [1.82, 2.24) is 5.32 Å². The van der Waals surface area contributed by atoms with Gasteiger partial charge in [0, 0.05) is 4.88 Å². The topological polar surface area (TPSA) is 55.4 Å². The van der Waals surface area contributed by atoms with E-state index in [1.807, 2.05) is 17.5 Å². The van der Waals surface area contributed by atoms with Gasteiger partial charge in [0.2, 0.25) is 0 Å². The van der Waals surface area contributed by atoms with Crippen molar-refractivity contribution in [3.8, 4) is 0 Å². The first-order valence-corrected chi connectivity index (χ1v) is 7.31. The standard InChI is InChI=1S/C15H13F2NO3S/c1-9(12-6-3-7-22-12)18-13(19)8-21-15(20)14-10(16)4-2-5-11(14)17/h2-7,9H,8H2,1H3,(H,18,19)/t9-/m0/s1. The van der Waals surface area contributed by atoms with Gasteiger partial charge in [0.15, 0.2) is 6.61 Å². The molecular formula is C15H13F2NO3S. The molecule has 0 aliphatic rings. The van der Waals surface area contributed by atoms with E-state index in [1.54, 1.807) is 6.92 Å². The van der Waals surface area contributed by atoms with Crippen LogP contribution in [0.5, 0.6) is 0 Å². The molecule has 1 aromatic carbocycles. The molecule has 0 aliphatic heterocycles. The van der Waals surface area contributed by atoms with Crippen molar-refractivity contribution in [2.45, 2.75) is 13.0 Å². The van der Waals surface area contributed by atoms with Crippen LogP contribution in [0.2, 0.25) is 0 Å². The number of esters is 1. The van der Waals surface area contributed by atoms with Crippen LogP contribution in [0.25, 0.3) is 0 Å². The van der Waals surface area contributed by atoms with Gasteiger partial charge >= 0.3 is 5.97 Å². The van der Waals surface area contributed by atoms with E-state index in [4.69, 9.17) is 0 Å². The smallest absolute Gasteiger partial charge is 0.344 e. The third kappa shape index (κ3) is 3.88. The van der Waals surface area contributed by atoms with Gasteiger partial charge in [-0.2, -0.15) is 0 Å². The molecule has 4 nitrogen and oxygen atoms in total. The number of thiophene rings is 1. The quantitative estimate of drug-likeness (QED) is 0.860. The number of carbonyl (C=O) groups excluding carboxylic acids is 2. The van der Waals surface area contributed by atoms with Gasteiger partial charge in [0.1, 0.15) is 17.2 Å². The Hall–Kier alpha value is -2.28. The maximum Gasteiger partial charge on any atom is 0.344 e. The Morgan fingerprint density at radius 1 is 1.23 bits per heavy atom. The summed E-state index contributed by atoms with van der Waals surface area (Å²) < 4.78 is 31.4. The molecular weight excluding hydrogens is 312 g/mol. The van der Waals surface area contributed by atoms with E-state index in [2.05, 4.69) is 10.1 Å². The van der Waals surface area contributed by atoms with Gasteiger partial charge < -0.3 is 10.1 Å². The Kier molecular flexibility index (Phi) is 5.21. The SMILES string of the molecule is C[C@H](NC(=O)COC(=O)c1c(F)cccc1F)c1cccs1. The summed E-state index contributed by atoms with van der Waals surface area (Å²) in [4.78, 5) is 24.3. The van der Waals surface area contributed by atoms with Gasteiger partial charge in [0.05, 0.1) is 6.04 Å². The predicted octanol–water partition coefficient (Wildman–Crippen LogP) is 3.06. The van der Waals surface area contributed by atoms with E-state index in [1.165, 1.54) is 11.3 Å². The van der Waals surface area contributed by atoms with Crippen LogP contribution in [0.1, 0.15) is 28.2 Å². The van der Waals surface area contributed by atoms with Crippen LogP contribution in [0.3, 0.4) is 0 Å². The van der Waals surface area contributed by atoms with Crippen LogP contribution in [-0.2, 0) is 9.53 Å². The van der Waals surface area contributed by atoms with Crippen LogP contribution in [-0.4, -0.2) is 18.5 Å². The second-order valence-electron chi connectivity index (χ2n) is 4.48. The highest BCUT2D eigenvalue weighted by Gasteiger charge is 2.20. The lowest BCUT2D eigenvalue weighted by atomic mass is 10.2. The molecule has 0 aliphatic carbocycles. The minimum atomic E-state index is -1.21. The lowest BCUT2D eigenvalue weighted by molar-refractivity contribution is -0.124. The number of hydrogen-bond acceptors (Lipinski definition) is 4. The second-order valence-corrected chi connectivity index (χ2v) is 5.46. The first kappa shape index (κ1) is 16.1. The molecule has 0 fully saturated rings. The van der Waals surface area contributed by atoms with Gasteiger partial charge in [-0.25, -0.2) is 13.6 Å². The van der Waals surface area contributed by atoms with Crippen molar-refractivity contribution in [2.24, 2.45) is 0 Å². The van der Waals surface area contributed by atoms with Crippen molar-refractivity contribution in [3.05, 3.63) is 57.8 Å². The highest BCUT2D eigenvalue weighted by molar-refractivity contribution is 7.10. The summed E-state index contributed by atoms with van der Waals surface area (Å²) in [5, 5.41) is 4.50. The molecule has 0 spiro atoms. The molecule has 116 valence electrons. The summed E-state index contributed by atoms with van der Waals surface area (Å²) >= 11 is 1.48. The average molecular weight is 325 g/mol. The summed E-state index contributed by atoms with van der Waals surface area (Å²) in [7, 11) is 0. The molecule has 0 saturated heterocycles. The summed E-state index contributed by atoms with van der Waals surface area (Å²) in [5.41, 5.74) is -0.804. The molecule has 2 aromatic rings. The fourth-order valence-electron chi connectivity index (χ4n) is 1.79. The number of nitrogens with one attached hydrogen (secondary N) is 1. The van der Waals surface area contributed by atoms with E-state index in [9.17, 15) is 18.4 Å². The van der Waals surface area contributed by atoms with Crippen molar-refractivity contribution in [2.75, 3.05) is 6.61 Å². The molecule has 1 atom stereocenters. The first-order valence-electron chi connectivity index (χ1n) is 6.43. The molecule has 1 amide bonds. The highest BCUT2D eigenvalue weighted by atomic mass is 32.1. The maximum atomic E-state index is 13.4. The fraction of sp³-hybridized carbons (Fsp3) is 0.200. The Labute approximate surface area is 129 Å². The zero-order valence-corrected chi connectivity index (χ0v) is 12.5. The summed E-state index contributed by atoms with van der Waals surface area (Å²) in [6, 6.07) is 6.49. The van der Waals surface area contributed by atoms with E-state index < -0.39 is 35.7 Å². The van der Waals surface area contributed by atoms with Gasteiger partial charge in [-0.1, -0.05) is 12.1 Å². The number of benzene rings is 1. The molecule has 1 N–H and O–H groups in total. The van der Waals surface area contributed by atoms with E-state index in [-0.39, 0.29) is 6.04 Å². The highest BCUT2D eigenvalue weighted by Crippen LogP contribution is 2.18. The number of halogens is 2. The molecule has 0 bridgehead atoms. The van der Waals surface area contributed by atoms with Crippen molar-refractivity contribution >= 4 is 23.2 Å². The lowest BCUT2D eigenvalue weighted by Crippen LogP contribution is -2.31. The fourth-order valence-corrected chi connectivity index (χ4v) is 2.52. The van der Waals surface area contributed by atoms with Crippen LogP contribution < -0.4 is 5.32 Å². The number of amides is 1. The van der Waals surface area contributed by atoms with Crippen LogP contribution >= 0.6 is 11.3 Å². The van der Waals surface area contributed by atoms with Crippen molar-refractivity contribution in [1.29, 1.82) is 0 Å². The summed E-state index contributed by atoms with van der Waals surface area (Å²) in [5.74, 6) is -3.82. The molecule has 1 aromatic heterocycles. The van der Waals surface area contributed by atoms with E-state index in [0.29, 0.717) is 0 Å². The van der Waals surface area contributed by atoms with Gasteiger partial charge in [-0.05, 0) is 30.5 Å². The molecule has 0 unspecified atom stereocenters. The van der Waals surface area contributed by atoms with Gasteiger partial charge in [-0.3, -0.25) is 4.79 Å². The average Bonchev–Trinajstić information content (AvgIpc) is 2.99. The Balaban J connectivity index is 1.90. The monoisotopic (exact) mass is 325 g/mol. The van der Waals surface area contributed by atoms with Crippen LogP contribution in [0, 0.1) is 11.6 Å². The minimum Gasteiger partial charge on any atom is -0.452 e. The van der Waals surface area contributed by atoms with E-state index >= 15 is 0 Å². The number of carbonyl (C=O) groups is 2. The van der Waals surface area contributed by atoms with Crippen molar-refractivity contribution < 1.29 is 23.1 Å². The largest absolute Gasteiger partial charge is 0.452 e. The first-order chi connectivity index (χ1) is 10.5. The zero-order valence-electron chi connectivity index (χ0n) is 11.6. The summed E-state index contributed by atoms with van der Waals surface area (Å²) in [6.45, 7) is 1.17. The number of rotatable bonds is 5. The van der Waals surface area contributed by atoms with Crippen LogP contribution in [0.15, 0.2) is 35.7 Å². The van der Waals surface area contributed by atoms with E-state index in [0.717, 1.165) is 23.1 Å². The molecule has 22 heavy (non-hydrogen) atoms.